The third kappa shape index (κ3) is 2.77. The fourth-order valence-corrected chi connectivity index (χ4v) is 2.27. The molecule has 2 aromatic rings. The number of rotatable bonds is 3. The molecule has 1 unspecified atom stereocenters. The predicted molar refractivity (Wildman–Crippen MR) is 74.5 cm³/mol. The van der Waals surface area contributed by atoms with Gasteiger partial charge in [0.2, 0.25) is 0 Å². The molecule has 0 radical (unpaired) electrons. The van der Waals surface area contributed by atoms with E-state index in [1.165, 1.54) is 24.3 Å². The molecule has 2 aromatic carbocycles. The van der Waals surface area contributed by atoms with Gasteiger partial charge >= 0.3 is 5.97 Å². The second kappa shape index (κ2) is 5.79. The summed E-state index contributed by atoms with van der Waals surface area (Å²) >= 11 is 11.9. The summed E-state index contributed by atoms with van der Waals surface area (Å²) < 4.78 is 13.9. The van der Waals surface area contributed by atoms with Crippen molar-refractivity contribution < 1.29 is 19.4 Å². The Morgan fingerprint density at radius 2 is 1.85 bits per heavy atom. The van der Waals surface area contributed by atoms with E-state index >= 15 is 0 Å². The van der Waals surface area contributed by atoms with Gasteiger partial charge in [-0.1, -0.05) is 35.3 Å². The van der Waals surface area contributed by atoms with E-state index in [1.54, 1.807) is 6.07 Å². The van der Waals surface area contributed by atoms with Gasteiger partial charge in [-0.15, -0.1) is 0 Å². The lowest BCUT2D eigenvalue weighted by Gasteiger charge is -2.14. The van der Waals surface area contributed by atoms with E-state index in [2.05, 4.69) is 0 Å². The zero-order chi connectivity index (χ0) is 14.9. The van der Waals surface area contributed by atoms with Crippen LogP contribution in [0, 0.1) is 5.82 Å². The van der Waals surface area contributed by atoms with Crippen LogP contribution < -0.4 is 0 Å². The highest BCUT2D eigenvalue weighted by Crippen LogP contribution is 2.36. The van der Waals surface area contributed by atoms with E-state index in [1.807, 2.05) is 0 Å². The topological polar surface area (TPSA) is 57.5 Å². The van der Waals surface area contributed by atoms with Gasteiger partial charge in [-0.2, -0.15) is 0 Å². The monoisotopic (exact) mass is 314 g/mol. The van der Waals surface area contributed by atoms with Crippen LogP contribution in [0.5, 0.6) is 0 Å². The summed E-state index contributed by atoms with van der Waals surface area (Å²) in [6.45, 7) is 0. The maximum absolute atomic E-state index is 13.9. The van der Waals surface area contributed by atoms with Crippen LogP contribution in [0.25, 0.3) is 11.1 Å². The number of carboxylic acid groups (broad SMARTS) is 1. The van der Waals surface area contributed by atoms with Gasteiger partial charge in [0.05, 0.1) is 0 Å². The van der Waals surface area contributed by atoms with Crippen molar-refractivity contribution in [3.63, 3.8) is 0 Å². The first-order valence-electron chi connectivity index (χ1n) is 5.56. The van der Waals surface area contributed by atoms with Crippen LogP contribution in [0.4, 0.5) is 4.39 Å². The van der Waals surface area contributed by atoms with Gasteiger partial charge in [0.1, 0.15) is 5.82 Å². The van der Waals surface area contributed by atoms with Gasteiger partial charge in [0, 0.05) is 21.2 Å². The average molecular weight is 315 g/mol. The third-order valence-electron chi connectivity index (χ3n) is 2.78. The molecule has 6 heteroatoms. The number of benzene rings is 2. The van der Waals surface area contributed by atoms with Gasteiger partial charge in [-0.25, -0.2) is 9.18 Å². The molecule has 0 aliphatic heterocycles. The Morgan fingerprint density at radius 3 is 2.50 bits per heavy atom. The fourth-order valence-electron chi connectivity index (χ4n) is 1.88. The van der Waals surface area contributed by atoms with E-state index in [9.17, 15) is 14.3 Å². The molecule has 0 heterocycles. The fraction of sp³-hybridized carbons (Fsp3) is 0.0714. The molecule has 0 saturated heterocycles. The second-order valence-electron chi connectivity index (χ2n) is 4.07. The van der Waals surface area contributed by atoms with Gasteiger partial charge in [-0.3, -0.25) is 0 Å². The molecular formula is C14H9Cl2FO3. The molecule has 2 rings (SSSR count). The molecular weight excluding hydrogens is 306 g/mol. The Bertz CT molecular complexity index is 673. The van der Waals surface area contributed by atoms with Crippen molar-refractivity contribution in [2.45, 2.75) is 6.10 Å². The number of hydrogen-bond acceptors (Lipinski definition) is 2. The number of hydrogen-bond donors (Lipinski definition) is 2. The minimum Gasteiger partial charge on any atom is -0.479 e. The average Bonchev–Trinajstić information content (AvgIpc) is 2.40. The highest BCUT2D eigenvalue weighted by molar-refractivity contribution is 6.35. The minimum absolute atomic E-state index is 0.187. The SMILES string of the molecule is O=C(O)C(O)c1c(F)cccc1-c1cc(Cl)ccc1Cl. The molecule has 0 aliphatic carbocycles. The van der Waals surface area contributed by atoms with Crippen LogP contribution in [0.2, 0.25) is 10.0 Å². The van der Waals surface area contributed by atoms with Gasteiger partial charge in [-0.05, 0) is 29.8 Å². The summed E-state index contributed by atoms with van der Waals surface area (Å²) in [5.74, 6) is -2.37. The lowest BCUT2D eigenvalue weighted by Crippen LogP contribution is -2.13. The maximum Gasteiger partial charge on any atom is 0.337 e. The van der Waals surface area contributed by atoms with Crippen molar-refractivity contribution in [1.82, 2.24) is 0 Å². The standard InChI is InChI=1S/C14H9Cl2FO3/c15-7-4-5-10(16)9(6-7)8-2-1-3-11(17)12(8)13(18)14(19)20/h1-6,13,18H,(H,19,20). The molecule has 0 saturated carbocycles. The highest BCUT2D eigenvalue weighted by atomic mass is 35.5. The van der Waals surface area contributed by atoms with Crippen LogP contribution in [-0.4, -0.2) is 16.2 Å². The summed E-state index contributed by atoms with van der Waals surface area (Å²) in [6, 6.07) is 8.50. The van der Waals surface area contributed by atoms with Crippen molar-refractivity contribution >= 4 is 29.2 Å². The first-order chi connectivity index (χ1) is 9.41. The predicted octanol–water partition coefficient (Wildman–Crippen LogP) is 3.92. The molecule has 0 fully saturated rings. The van der Waals surface area contributed by atoms with Crippen LogP contribution in [-0.2, 0) is 4.79 Å². The Balaban J connectivity index is 2.71. The molecule has 0 aromatic heterocycles. The Labute approximate surface area is 124 Å². The molecule has 0 aliphatic rings. The number of carbonyl (C=O) groups is 1. The zero-order valence-corrected chi connectivity index (χ0v) is 11.5. The summed E-state index contributed by atoms with van der Waals surface area (Å²) in [4.78, 5) is 10.9. The molecule has 20 heavy (non-hydrogen) atoms. The van der Waals surface area contributed by atoms with E-state index < -0.39 is 17.9 Å². The number of halogens is 3. The first kappa shape index (κ1) is 14.8. The summed E-state index contributed by atoms with van der Waals surface area (Å²) in [7, 11) is 0. The van der Waals surface area contributed by atoms with E-state index in [0.717, 1.165) is 6.07 Å². The van der Waals surface area contributed by atoms with E-state index in [4.69, 9.17) is 28.3 Å². The number of aliphatic hydroxyl groups is 1. The highest BCUT2D eigenvalue weighted by Gasteiger charge is 2.25. The lowest BCUT2D eigenvalue weighted by atomic mass is 9.95. The van der Waals surface area contributed by atoms with Crippen molar-refractivity contribution in [3.8, 4) is 11.1 Å². The van der Waals surface area contributed by atoms with Crippen molar-refractivity contribution in [2.75, 3.05) is 0 Å². The molecule has 3 nitrogen and oxygen atoms in total. The summed E-state index contributed by atoms with van der Waals surface area (Å²) in [6.07, 6.45) is -1.98. The molecule has 0 bridgehead atoms. The van der Waals surface area contributed by atoms with Crippen molar-refractivity contribution in [1.29, 1.82) is 0 Å². The maximum atomic E-state index is 13.9. The second-order valence-corrected chi connectivity index (χ2v) is 4.91. The Morgan fingerprint density at radius 1 is 1.15 bits per heavy atom. The quantitative estimate of drug-likeness (QED) is 0.902. The smallest absolute Gasteiger partial charge is 0.337 e. The van der Waals surface area contributed by atoms with E-state index in [0.29, 0.717) is 10.6 Å². The number of aliphatic carboxylic acids is 1. The number of carboxylic acids is 1. The Hall–Kier alpha value is -1.62. The Kier molecular flexibility index (Phi) is 4.28. The van der Waals surface area contributed by atoms with Crippen molar-refractivity contribution in [2.24, 2.45) is 0 Å². The molecule has 104 valence electrons. The lowest BCUT2D eigenvalue weighted by molar-refractivity contribution is -0.147. The third-order valence-corrected chi connectivity index (χ3v) is 3.34. The molecule has 1 atom stereocenters. The molecule has 2 N–H and O–H groups in total. The van der Waals surface area contributed by atoms with Gasteiger partial charge in [0.25, 0.3) is 0 Å². The van der Waals surface area contributed by atoms with Gasteiger partial charge in [0.15, 0.2) is 6.10 Å². The summed E-state index contributed by atoms with van der Waals surface area (Å²) in [5, 5.41) is 19.2. The first-order valence-corrected chi connectivity index (χ1v) is 6.32. The normalized spacial score (nSPS) is 12.2. The van der Waals surface area contributed by atoms with Crippen LogP contribution in [0.15, 0.2) is 36.4 Å². The van der Waals surface area contributed by atoms with Crippen molar-refractivity contribution in [3.05, 3.63) is 57.8 Å². The largest absolute Gasteiger partial charge is 0.479 e. The zero-order valence-electron chi connectivity index (χ0n) is 9.98. The minimum atomic E-state index is -1.98. The summed E-state index contributed by atoms with van der Waals surface area (Å²) in [5.41, 5.74) is 0.200. The van der Waals surface area contributed by atoms with Crippen LogP contribution >= 0.6 is 23.2 Å². The molecule has 0 spiro atoms. The van der Waals surface area contributed by atoms with Crippen LogP contribution in [0.1, 0.15) is 11.7 Å². The molecule has 0 amide bonds. The number of aliphatic hydroxyl groups excluding tert-OH is 1. The van der Waals surface area contributed by atoms with E-state index in [-0.39, 0.29) is 16.1 Å². The van der Waals surface area contributed by atoms with Crippen LogP contribution in [0.3, 0.4) is 0 Å². The van der Waals surface area contributed by atoms with Gasteiger partial charge < -0.3 is 10.2 Å².